The highest BCUT2D eigenvalue weighted by molar-refractivity contribution is 4.70. The molecule has 1 heterocycles. The van der Waals surface area contributed by atoms with Crippen LogP contribution < -0.4 is 0 Å². The van der Waals surface area contributed by atoms with Crippen LogP contribution in [-0.2, 0) is 0 Å². The van der Waals surface area contributed by atoms with Crippen molar-refractivity contribution in [2.45, 2.75) is 6.92 Å². The molecule has 32 valence electrons. The lowest BCUT2D eigenvalue weighted by molar-refractivity contribution is 1.04. The quantitative estimate of drug-likeness (QED) is 0.485. The van der Waals surface area contributed by atoms with E-state index in [9.17, 15) is 0 Å². The predicted octanol–water partition coefficient (Wildman–Crippen LogP) is 0.113. The first-order valence-electron chi connectivity index (χ1n) is 2.14. The molecule has 1 N–H and O–H groups in total. The molecule has 3 nitrogen and oxygen atoms in total. The number of H-pyrrole nitrogens is 1. The minimum Gasteiger partial charge on any atom is -0.264 e. The summed E-state index contributed by atoms with van der Waals surface area (Å²) in [5.41, 5.74) is 0. The molecule has 1 aromatic rings. The van der Waals surface area contributed by atoms with Crippen molar-refractivity contribution in [3.63, 3.8) is 0 Å². The molecule has 0 atom stereocenters. The second-order valence-corrected chi connectivity index (χ2v) is 1.02. The van der Waals surface area contributed by atoms with Crippen LogP contribution in [0.1, 0.15) is 7.20 Å². The molecule has 1 aromatic heterocycles. The average Bonchev–Trinajstić information content (AvgIpc) is 1.87. The normalized spacial score (nSPS) is 11.2. The van der Waals surface area contributed by atoms with Crippen molar-refractivity contribution >= 4 is 0 Å². The van der Waals surface area contributed by atoms with Gasteiger partial charge < -0.3 is 0 Å². The largest absolute Gasteiger partial charge is 0.264 e. The summed E-state index contributed by atoms with van der Waals surface area (Å²) < 4.78 is 6.76. The summed E-state index contributed by atoms with van der Waals surface area (Å²) in [5.74, 6) is 0.685. The Hall–Kier alpha value is -0.860. The molecule has 0 saturated heterocycles. The van der Waals surface area contributed by atoms with E-state index in [-0.39, 0.29) is 6.30 Å². The number of nitrogens with zero attached hydrogens (tertiary/aromatic N) is 2. The molecule has 0 amide bonds. The molecule has 0 bridgehead atoms. The molecular formula is C3H5N3. The molecule has 0 radical (unpaired) electrons. The van der Waals surface area contributed by atoms with Crippen molar-refractivity contribution in [2.75, 3.05) is 0 Å². The maximum absolute atomic E-state index is 6.76. The van der Waals surface area contributed by atoms with Crippen molar-refractivity contribution in [3.05, 3.63) is 12.1 Å². The van der Waals surface area contributed by atoms with Gasteiger partial charge in [0.25, 0.3) is 0 Å². The van der Waals surface area contributed by atoms with Crippen LogP contribution >= 0.6 is 0 Å². The SMILES string of the molecule is [2H]c1n[nH]c(C)n1. The summed E-state index contributed by atoms with van der Waals surface area (Å²) in [6.07, 6.45) is 0.0532. The summed E-state index contributed by atoms with van der Waals surface area (Å²) in [5, 5.41) is 5.97. The Morgan fingerprint density at radius 1 is 2.17 bits per heavy atom. The van der Waals surface area contributed by atoms with Gasteiger partial charge in [-0.05, 0) is 6.92 Å². The van der Waals surface area contributed by atoms with Crippen molar-refractivity contribution in [1.82, 2.24) is 15.2 Å². The van der Waals surface area contributed by atoms with Crippen molar-refractivity contribution in [2.24, 2.45) is 0 Å². The molecule has 6 heavy (non-hydrogen) atoms. The van der Waals surface area contributed by atoms with Gasteiger partial charge in [-0.25, -0.2) is 4.98 Å². The van der Waals surface area contributed by atoms with Crippen LogP contribution in [-0.4, -0.2) is 15.2 Å². The lowest BCUT2D eigenvalue weighted by Crippen LogP contribution is -1.68. The summed E-state index contributed by atoms with van der Waals surface area (Å²) in [6.45, 7) is 1.76. The highest BCUT2D eigenvalue weighted by atomic mass is 15.2. The standard InChI is InChI=1S/C3H5N3/c1-3-4-2-5-6-3/h2H,1H3,(H,4,5,6)/i2D. The van der Waals surface area contributed by atoms with Crippen LogP contribution in [0.3, 0.4) is 0 Å². The van der Waals surface area contributed by atoms with Gasteiger partial charge in [0.05, 0.1) is 0 Å². The van der Waals surface area contributed by atoms with E-state index in [0.717, 1.165) is 0 Å². The zero-order chi connectivity index (χ0) is 5.28. The fourth-order valence-corrected chi connectivity index (χ4v) is 0.231. The maximum Gasteiger partial charge on any atom is 0.137 e. The van der Waals surface area contributed by atoms with Crippen LogP contribution in [0.5, 0.6) is 0 Å². The number of rotatable bonds is 0. The molecule has 0 fully saturated rings. The van der Waals surface area contributed by atoms with Crippen LogP contribution in [0.25, 0.3) is 0 Å². The number of aryl methyl sites for hydroxylation is 1. The van der Waals surface area contributed by atoms with Crippen LogP contribution in [0, 0.1) is 6.92 Å². The van der Waals surface area contributed by atoms with Gasteiger partial charge in [0.15, 0.2) is 0 Å². The smallest absolute Gasteiger partial charge is 0.137 e. The predicted molar refractivity (Wildman–Crippen MR) is 21.1 cm³/mol. The molecule has 0 spiro atoms. The van der Waals surface area contributed by atoms with E-state index in [4.69, 9.17) is 1.37 Å². The van der Waals surface area contributed by atoms with Gasteiger partial charge in [-0.1, -0.05) is 0 Å². The third-order valence-corrected chi connectivity index (χ3v) is 0.485. The second kappa shape index (κ2) is 1.08. The van der Waals surface area contributed by atoms with Crippen molar-refractivity contribution in [1.29, 1.82) is 0 Å². The maximum atomic E-state index is 6.76. The van der Waals surface area contributed by atoms with E-state index in [1.807, 2.05) is 0 Å². The Morgan fingerprint density at radius 2 is 3.00 bits per heavy atom. The first-order valence-corrected chi connectivity index (χ1v) is 1.64. The summed E-state index contributed by atoms with van der Waals surface area (Å²) in [4.78, 5) is 3.61. The van der Waals surface area contributed by atoms with Crippen LogP contribution in [0.4, 0.5) is 0 Å². The van der Waals surface area contributed by atoms with Crippen LogP contribution in [0.2, 0.25) is 0 Å². The van der Waals surface area contributed by atoms with Gasteiger partial charge in [-0.15, -0.1) is 0 Å². The highest BCUT2D eigenvalue weighted by Crippen LogP contribution is 1.73. The van der Waals surface area contributed by atoms with Gasteiger partial charge in [-0.3, -0.25) is 5.10 Å². The Labute approximate surface area is 36.8 Å². The first-order chi connectivity index (χ1) is 3.29. The van der Waals surface area contributed by atoms with E-state index in [1.165, 1.54) is 0 Å². The minimum absolute atomic E-state index is 0.0532. The van der Waals surface area contributed by atoms with E-state index >= 15 is 0 Å². The molecule has 0 aliphatic rings. The summed E-state index contributed by atoms with van der Waals surface area (Å²) in [6, 6.07) is 0. The number of hydrogen-bond acceptors (Lipinski definition) is 2. The Kier molecular flexibility index (Phi) is 0.422. The van der Waals surface area contributed by atoms with Crippen LogP contribution in [0.15, 0.2) is 6.30 Å². The highest BCUT2D eigenvalue weighted by Gasteiger charge is 1.75. The minimum atomic E-state index is 0.0532. The molecule has 0 saturated carbocycles. The monoisotopic (exact) mass is 84.1 g/mol. The molecule has 1 rings (SSSR count). The van der Waals surface area contributed by atoms with Crippen molar-refractivity contribution in [3.8, 4) is 0 Å². The number of hydrogen-bond donors (Lipinski definition) is 1. The molecule has 0 aromatic carbocycles. The summed E-state index contributed by atoms with van der Waals surface area (Å²) >= 11 is 0. The molecule has 3 heteroatoms. The number of aromatic amines is 1. The van der Waals surface area contributed by atoms with E-state index in [0.29, 0.717) is 5.82 Å². The topological polar surface area (TPSA) is 41.6 Å². The Morgan fingerprint density at radius 3 is 3.17 bits per heavy atom. The Balaban J connectivity index is 3.04. The molecular weight excluding hydrogens is 78.1 g/mol. The van der Waals surface area contributed by atoms with E-state index < -0.39 is 0 Å². The van der Waals surface area contributed by atoms with E-state index in [2.05, 4.69) is 15.2 Å². The lowest BCUT2D eigenvalue weighted by Gasteiger charge is -1.66. The fourth-order valence-electron chi connectivity index (χ4n) is 0.231. The van der Waals surface area contributed by atoms with Crippen molar-refractivity contribution < 1.29 is 1.37 Å². The number of nitrogens with one attached hydrogen (secondary N) is 1. The van der Waals surface area contributed by atoms with Gasteiger partial charge >= 0.3 is 0 Å². The average molecular weight is 84.1 g/mol. The number of aromatic nitrogens is 3. The van der Waals surface area contributed by atoms with Gasteiger partial charge in [0.2, 0.25) is 0 Å². The third-order valence-electron chi connectivity index (χ3n) is 0.485. The van der Waals surface area contributed by atoms with Gasteiger partial charge in [0.1, 0.15) is 13.5 Å². The molecule has 0 aliphatic carbocycles. The van der Waals surface area contributed by atoms with Gasteiger partial charge in [0, 0.05) is 0 Å². The zero-order valence-electron chi connectivity index (χ0n) is 4.39. The lowest BCUT2D eigenvalue weighted by atomic mass is 10.8. The third kappa shape index (κ3) is 0.381. The van der Waals surface area contributed by atoms with Gasteiger partial charge in [-0.2, -0.15) is 5.10 Å². The molecule has 0 unspecified atom stereocenters. The molecule has 0 aliphatic heterocycles. The fraction of sp³-hybridized carbons (Fsp3) is 0.333. The summed E-state index contributed by atoms with van der Waals surface area (Å²) in [7, 11) is 0. The second-order valence-electron chi connectivity index (χ2n) is 1.02. The van der Waals surface area contributed by atoms with E-state index in [1.54, 1.807) is 6.92 Å². The Bertz CT molecular complexity index is 142. The first kappa shape index (κ1) is 2.34. The zero-order valence-corrected chi connectivity index (χ0v) is 3.39.